The van der Waals surface area contributed by atoms with E-state index in [1.807, 2.05) is 0 Å². The molecule has 162 valence electrons. The number of furan rings is 1. The predicted molar refractivity (Wildman–Crippen MR) is 115 cm³/mol. The Balaban J connectivity index is 1.91. The van der Waals surface area contributed by atoms with Crippen LogP contribution in [0.2, 0.25) is 5.02 Å². The Labute approximate surface area is 186 Å². The quantitative estimate of drug-likeness (QED) is 0.198. The van der Waals surface area contributed by atoms with Crippen molar-refractivity contribution in [1.82, 2.24) is 0 Å². The third-order valence-electron chi connectivity index (χ3n) is 5.00. The van der Waals surface area contributed by atoms with Crippen LogP contribution in [-0.4, -0.2) is 28.8 Å². The normalized spacial score (nSPS) is 17.6. The number of carbonyl (C=O) groups excluding carboxylic acids is 2. The standard InChI is InChI=1S/C22H15ClN2O7/c1-31-16-8-7-13(11-15(16)23)24-19(17-6-3-9-32-17)18(21(27)22(24)28)20(26)12-4-2-5-14(10-12)25(29)30/h2-11,19,26H,1H3/b20-18-. The molecule has 1 aliphatic heterocycles. The summed E-state index contributed by atoms with van der Waals surface area (Å²) in [5, 5.41) is 22.3. The number of hydrogen-bond donors (Lipinski definition) is 1. The second kappa shape index (κ2) is 8.20. The second-order valence-electron chi connectivity index (χ2n) is 6.81. The Kier molecular flexibility index (Phi) is 5.41. The Hall–Kier alpha value is -4.11. The molecule has 2 heterocycles. The zero-order valence-corrected chi connectivity index (χ0v) is 17.3. The number of halogens is 1. The Morgan fingerprint density at radius 1 is 1.19 bits per heavy atom. The number of carbonyl (C=O) groups is 2. The van der Waals surface area contributed by atoms with Gasteiger partial charge >= 0.3 is 0 Å². The van der Waals surface area contributed by atoms with Crippen molar-refractivity contribution < 1.29 is 28.8 Å². The van der Waals surface area contributed by atoms with E-state index < -0.39 is 28.4 Å². The molecule has 1 atom stereocenters. The molecule has 9 nitrogen and oxygen atoms in total. The van der Waals surface area contributed by atoms with E-state index in [1.165, 1.54) is 43.7 Å². The first-order valence-electron chi connectivity index (χ1n) is 9.26. The molecule has 2 aromatic carbocycles. The number of benzene rings is 2. The van der Waals surface area contributed by atoms with Gasteiger partial charge in [-0.1, -0.05) is 23.7 Å². The van der Waals surface area contributed by atoms with Gasteiger partial charge in [0.15, 0.2) is 0 Å². The fourth-order valence-corrected chi connectivity index (χ4v) is 3.79. The van der Waals surface area contributed by atoms with Gasteiger partial charge in [0.1, 0.15) is 23.3 Å². The third kappa shape index (κ3) is 3.48. The van der Waals surface area contributed by atoms with E-state index in [2.05, 4.69) is 0 Å². The average molecular weight is 455 g/mol. The number of rotatable bonds is 5. The molecule has 3 aromatic rings. The Morgan fingerprint density at radius 3 is 2.59 bits per heavy atom. The minimum atomic E-state index is -1.12. The van der Waals surface area contributed by atoms with Gasteiger partial charge in [-0.3, -0.25) is 24.6 Å². The number of aliphatic hydroxyl groups excluding tert-OH is 1. The molecule has 10 heteroatoms. The largest absolute Gasteiger partial charge is 0.507 e. The van der Waals surface area contributed by atoms with Crippen molar-refractivity contribution in [2.24, 2.45) is 0 Å². The highest BCUT2D eigenvalue weighted by Gasteiger charge is 2.48. The van der Waals surface area contributed by atoms with Crippen molar-refractivity contribution in [3.8, 4) is 5.75 Å². The third-order valence-corrected chi connectivity index (χ3v) is 5.30. The summed E-state index contributed by atoms with van der Waals surface area (Å²) in [6.45, 7) is 0. The average Bonchev–Trinajstić information content (AvgIpc) is 3.40. The molecule has 0 saturated carbocycles. The zero-order valence-electron chi connectivity index (χ0n) is 16.5. The van der Waals surface area contributed by atoms with E-state index in [9.17, 15) is 24.8 Å². The number of anilines is 1. The zero-order chi connectivity index (χ0) is 23.0. The molecule has 32 heavy (non-hydrogen) atoms. The number of ether oxygens (including phenoxy) is 1. The van der Waals surface area contributed by atoms with Gasteiger partial charge in [0.2, 0.25) is 0 Å². The first-order valence-corrected chi connectivity index (χ1v) is 9.64. The lowest BCUT2D eigenvalue weighted by Gasteiger charge is -2.23. The van der Waals surface area contributed by atoms with Crippen molar-refractivity contribution in [2.45, 2.75) is 6.04 Å². The van der Waals surface area contributed by atoms with E-state index in [0.29, 0.717) is 5.75 Å². The number of methoxy groups -OCH3 is 1. The van der Waals surface area contributed by atoms with Gasteiger partial charge in [0.05, 0.1) is 28.9 Å². The molecule has 1 saturated heterocycles. The van der Waals surface area contributed by atoms with Gasteiger partial charge in [-0.2, -0.15) is 0 Å². The smallest absolute Gasteiger partial charge is 0.300 e. The van der Waals surface area contributed by atoms with Crippen LogP contribution in [0.1, 0.15) is 17.4 Å². The number of non-ortho nitro benzene ring substituents is 1. The predicted octanol–water partition coefficient (Wildman–Crippen LogP) is 4.48. The minimum absolute atomic E-state index is 0.0153. The molecule has 0 bridgehead atoms. The molecular formula is C22H15ClN2O7. The summed E-state index contributed by atoms with van der Waals surface area (Å²) in [6.07, 6.45) is 1.36. The summed E-state index contributed by atoms with van der Waals surface area (Å²) >= 11 is 6.21. The molecule has 0 aliphatic carbocycles. The first-order chi connectivity index (χ1) is 15.3. The number of nitrogens with zero attached hydrogens (tertiary/aromatic N) is 2. The molecular weight excluding hydrogens is 440 g/mol. The van der Waals surface area contributed by atoms with Crippen molar-refractivity contribution in [1.29, 1.82) is 0 Å². The van der Waals surface area contributed by atoms with Gasteiger partial charge in [-0.15, -0.1) is 0 Å². The molecule has 1 fully saturated rings. The van der Waals surface area contributed by atoms with E-state index in [0.717, 1.165) is 11.0 Å². The number of hydrogen-bond acceptors (Lipinski definition) is 7. The SMILES string of the molecule is COc1ccc(N2C(=O)C(=O)/C(=C(\O)c3cccc([N+](=O)[O-])c3)C2c2ccco2)cc1Cl. The van der Waals surface area contributed by atoms with Crippen LogP contribution < -0.4 is 9.64 Å². The molecule has 1 aromatic heterocycles. The maximum atomic E-state index is 13.0. The molecule has 1 unspecified atom stereocenters. The molecule has 4 rings (SSSR count). The summed E-state index contributed by atoms with van der Waals surface area (Å²) in [7, 11) is 1.44. The van der Waals surface area contributed by atoms with Crippen LogP contribution in [0, 0.1) is 10.1 Å². The fraction of sp³-hybridized carbons (Fsp3) is 0.0909. The monoisotopic (exact) mass is 454 g/mol. The number of Topliss-reactive ketones (excluding diaryl/α,β-unsaturated/α-hetero) is 1. The lowest BCUT2D eigenvalue weighted by molar-refractivity contribution is -0.384. The highest BCUT2D eigenvalue weighted by molar-refractivity contribution is 6.51. The van der Waals surface area contributed by atoms with Crippen molar-refractivity contribution in [3.63, 3.8) is 0 Å². The number of amides is 1. The van der Waals surface area contributed by atoms with Crippen molar-refractivity contribution >= 4 is 40.4 Å². The van der Waals surface area contributed by atoms with Crippen LogP contribution in [0.5, 0.6) is 5.75 Å². The first kappa shape index (κ1) is 21.1. The van der Waals surface area contributed by atoms with Crippen LogP contribution >= 0.6 is 11.6 Å². The summed E-state index contributed by atoms with van der Waals surface area (Å²) < 4.78 is 10.6. The van der Waals surface area contributed by atoms with Crippen molar-refractivity contribution in [2.75, 3.05) is 12.0 Å². The highest BCUT2D eigenvalue weighted by atomic mass is 35.5. The minimum Gasteiger partial charge on any atom is -0.507 e. The van der Waals surface area contributed by atoms with Crippen LogP contribution in [0.4, 0.5) is 11.4 Å². The number of nitro benzene ring substituents is 1. The fourth-order valence-electron chi connectivity index (χ4n) is 3.54. The molecule has 0 radical (unpaired) electrons. The molecule has 1 aliphatic rings. The van der Waals surface area contributed by atoms with Gasteiger partial charge in [0, 0.05) is 23.4 Å². The highest BCUT2D eigenvalue weighted by Crippen LogP contribution is 2.43. The molecule has 0 spiro atoms. The number of nitro groups is 1. The molecule has 1 N–H and O–H groups in total. The van der Waals surface area contributed by atoms with E-state index in [1.54, 1.807) is 18.2 Å². The lowest BCUT2D eigenvalue weighted by atomic mass is 9.99. The second-order valence-corrected chi connectivity index (χ2v) is 7.22. The topological polar surface area (TPSA) is 123 Å². The van der Waals surface area contributed by atoms with E-state index >= 15 is 0 Å². The maximum absolute atomic E-state index is 13.0. The Morgan fingerprint density at radius 2 is 1.97 bits per heavy atom. The summed E-state index contributed by atoms with van der Waals surface area (Å²) in [5.74, 6) is -1.86. The van der Waals surface area contributed by atoms with Crippen LogP contribution in [0.3, 0.4) is 0 Å². The van der Waals surface area contributed by atoms with Gasteiger partial charge < -0.3 is 14.3 Å². The van der Waals surface area contributed by atoms with Crippen LogP contribution in [-0.2, 0) is 9.59 Å². The van der Waals surface area contributed by atoms with Crippen LogP contribution in [0.25, 0.3) is 5.76 Å². The Bertz CT molecular complexity index is 1270. The lowest BCUT2D eigenvalue weighted by Crippen LogP contribution is -2.29. The van der Waals surface area contributed by atoms with Gasteiger partial charge in [0.25, 0.3) is 17.4 Å². The number of aliphatic hydroxyl groups is 1. The summed E-state index contributed by atoms with van der Waals surface area (Å²) in [5.41, 5.74) is -0.254. The van der Waals surface area contributed by atoms with Crippen LogP contribution in [0.15, 0.2) is 70.9 Å². The van der Waals surface area contributed by atoms with E-state index in [-0.39, 0.29) is 33.3 Å². The van der Waals surface area contributed by atoms with E-state index in [4.69, 9.17) is 20.8 Å². The number of ketones is 1. The van der Waals surface area contributed by atoms with Gasteiger partial charge in [-0.05, 0) is 30.3 Å². The maximum Gasteiger partial charge on any atom is 0.300 e. The van der Waals surface area contributed by atoms with Crippen molar-refractivity contribution in [3.05, 3.63) is 92.9 Å². The summed E-state index contributed by atoms with van der Waals surface area (Å²) in [6, 6.07) is 11.7. The van der Waals surface area contributed by atoms with Gasteiger partial charge in [-0.25, -0.2) is 0 Å². The summed E-state index contributed by atoms with van der Waals surface area (Å²) in [4.78, 5) is 37.6. The molecule has 1 amide bonds.